The second kappa shape index (κ2) is 8.21. The summed E-state index contributed by atoms with van der Waals surface area (Å²) in [6.07, 6.45) is 3.16. The molecule has 0 aliphatic rings. The number of benzene rings is 2. The Morgan fingerprint density at radius 3 is 2.83 bits per heavy atom. The lowest BCUT2D eigenvalue weighted by molar-refractivity contribution is -0.122. The second-order valence-electron chi connectivity index (χ2n) is 7.21. The first kappa shape index (κ1) is 19.4. The van der Waals surface area contributed by atoms with Crippen LogP contribution >= 0.6 is 15.9 Å². The van der Waals surface area contributed by atoms with Gasteiger partial charge in [0, 0.05) is 21.4 Å². The van der Waals surface area contributed by atoms with Crippen molar-refractivity contribution in [3.63, 3.8) is 0 Å². The van der Waals surface area contributed by atoms with E-state index in [4.69, 9.17) is 0 Å². The zero-order valence-corrected chi connectivity index (χ0v) is 17.6. The van der Waals surface area contributed by atoms with Crippen molar-refractivity contribution in [3.8, 4) is 0 Å². The monoisotopic (exact) mass is 452 g/mol. The molecule has 148 valence electrons. The average Bonchev–Trinajstić information content (AvgIpc) is 3.08. The van der Waals surface area contributed by atoms with Gasteiger partial charge in [0.05, 0.1) is 6.33 Å². The number of nitrogens with one attached hydrogen (secondary N) is 2. The van der Waals surface area contributed by atoms with E-state index in [1.807, 2.05) is 43.3 Å². The molecule has 4 aromatic rings. The molecule has 2 aromatic heterocycles. The fourth-order valence-corrected chi connectivity index (χ4v) is 3.81. The van der Waals surface area contributed by atoms with Gasteiger partial charge in [-0.1, -0.05) is 46.3 Å². The molecule has 0 fully saturated rings. The molecule has 6 nitrogen and oxygen atoms in total. The van der Waals surface area contributed by atoms with E-state index >= 15 is 0 Å². The minimum atomic E-state index is -0.255. The molecule has 0 saturated carbocycles. The van der Waals surface area contributed by atoms with Crippen molar-refractivity contribution in [2.24, 2.45) is 0 Å². The molecule has 0 saturated heterocycles. The summed E-state index contributed by atoms with van der Waals surface area (Å²) in [4.78, 5) is 32.8. The maximum atomic E-state index is 12.8. The van der Waals surface area contributed by atoms with E-state index in [0.29, 0.717) is 11.0 Å². The molecule has 0 aliphatic heterocycles. The minimum absolute atomic E-state index is 0.0144. The van der Waals surface area contributed by atoms with Crippen LogP contribution in [-0.4, -0.2) is 26.5 Å². The quantitative estimate of drug-likeness (QED) is 0.467. The molecular formula is C22H21BrN4O2. The van der Waals surface area contributed by atoms with Gasteiger partial charge in [0.25, 0.3) is 5.56 Å². The highest BCUT2D eigenvalue weighted by Crippen LogP contribution is 2.24. The Bertz CT molecular complexity index is 1230. The number of halogens is 1. The van der Waals surface area contributed by atoms with Crippen LogP contribution in [0.4, 0.5) is 0 Å². The number of aromatic amines is 1. The van der Waals surface area contributed by atoms with Crippen molar-refractivity contribution in [1.29, 1.82) is 0 Å². The standard InChI is InChI=1S/C22H21BrN4O2/c1-14(7-8-15-5-3-2-4-6-15)25-19(28)12-27-13-24-20-17-11-16(23)9-10-18(17)26-21(20)22(27)29/h2-6,9-11,13-14,26H,7-8,12H2,1H3,(H,25,28). The average molecular weight is 453 g/mol. The Kier molecular flexibility index (Phi) is 5.49. The van der Waals surface area contributed by atoms with Crippen LogP contribution in [-0.2, 0) is 17.8 Å². The summed E-state index contributed by atoms with van der Waals surface area (Å²) < 4.78 is 2.26. The molecule has 7 heteroatoms. The van der Waals surface area contributed by atoms with Gasteiger partial charge in [-0.25, -0.2) is 4.98 Å². The molecule has 0 radical (unpaired) electrons. The number of hydrogen-bond acceptors (Lipinski definition) is 3. The van der Waals surface area contributed by atoms with Crippen molar-refractivity contribution in [2.75, 3.05) is 0 Å². The van der Waals surface area contributed by atoms with Crippen LogP contribution in [0, 0.1) is 0 Å². The van der Waals surface area contributed by atoms with Crippen LogP contribution in [0.3, 0.4) is 0 Å². The maximum Gasteiger partial charge on any atom is 0.278 e. The predicted molar refractivity (Wildman–Crippen MR) is 118 cm³/mol. The third-order valence-electron chi connectivity index (χ3n) is 4.96. The van der Waals surface area contributed by atoms with Gasteiger partial charge in [-0.05, 0) is 43.5 Å². The van der Waals surface area contributed by atoms with Crippen LogP contribution in [0.25, 0.3) is 21.9 Å². The largest absolute Gasteiger partial charge is 0.352 e. The molecule has 0 spiro atoms. The summed E-state index contributed by atoms with van der Waals surface area (Å²) in [5, 5.41) is 3.84. The van der Waals surface area contributed by atoms with E-state index in [0.717, 1.165) is 28.2 Å². The van der Waals surface area contributed by atoms with Gasteiger partial charge in [0.1, 0.15) is 17.6 Å². The molecule has 29 heavy (non-hydrogen) atoms. The molecule has 2 heterocycles. The number of carbonyl (C=O) groups is 1. The molecule has 0 bridgehead atoms. The van der Waals surface area contributed by atoms with Gasteiger partial charge in [-0.2, -0.15) is 0 Å². The van der Waals surface area contributed by atoms with Crippen LogP contribution in [0.15, 0.2) is 64.1 Å². The number of hydrogen-bond donors (Lipinski definition) is 2. The Hall–Kier alpha value is -2.93. The number of aryl methyl sites for hydroxylation is 1. The van der Waals surface area contributed by atoms with E-state index < -0.39 is 0 Å². The number of amides is 1. The van der Waals surface area contributed by atoms with E-state index in [2.05, 4.69) is 43.3 Å². The molecule has 1 unspecified atom stereocenters. The molecule has 1 amide bonds. The third kappa shape index (κ3) is 4.24. The fraction of sp³-hybridized carbons (Fsp3) is 0.227. The van der Waals surface area contributed by atoms with Gasteiger partial charge < -0.3 is 10.3 Å². The molecule has 2 aromatic carbocycles. The van der Waals surface area contributed by atoms with Crippen molar-refractivity contribution >= 4 is 43.8 Å². The molecule has 1 atom stereocenters. The molecule has 0 aliphatic carbocycles. The highest BCUT2D eigenvalue weighted by Gasteiger charge is 2.14. The summed E-state index contributed by atoms with van der Waals surface area (Å²) in [6, 6.07) is 15.9. The van der Waals surface area contributed by atoms with Crippen molar-refractivity contribution in [1.82, 2.24) is 19.9 Å². The Balaban J connectivity index is 1.46. The topological polar surface area (TPSA) is 79.8 Å². The fourth-order valence-electron chi connectivity index (χ4n) is 3.45. The van der Waals surface area contributed by atoms with Gasteiger partial charge in [0.15, 0.2) is 0 Å². The summed E-state index contributed by atoms with van der Waals surface area (Å²) in [7, 11) is 0. The number of fused-ring (bicyclic) bond motifs is 3. The SMILES string of the molecule is CC(CCc1ccccc1)NC(=O)Cn1cnc2c([nH]c3ccc(Br)cc32)c1=O. The second-order valence-corrected chi connectivity index (χ2v) is 8.12. The van der Waals surface area contributed by atoms with Crippen LogP contribution < -0.4 is 10.9 Å². The number of aromatic nitrogens is 3. The number of rotatable bonds is 6. The van der Waals surface area contributed by atoms with Crippen LogP contribution in [0.2, 0.25) is 0 Å². The summed E-state index contributed by atoms with van der Waals surface area (Å²) in [5.41, 5.74) is 2.84. The van der Waals surface area contributed by atoms with Crippen molar-refractivity contribution < 1.29 is 4.79 Å². The minimum Gasteiger partial charge on any atom is -0.352 e. The molecule has 2 N–H and O–H groups in total. The van der Waals surface area contributed by atoms with Gasteiger partial charge >= 0.3 is 0 Å². The van der Waals surface area contributed by atoms with Gasteiger partial charge in [0.2, 0.25) is 5.91 Å². The Labute approximate surface area is 176 Å². The lowest BCUT2D eigenvalue weighted by atomic mass is 10.1. The van der Waals surface area contributed by atoms with E-state index in [1.54, 1.807) is 0 Å². The Morgan fingerprint density at radius 2 is 2.03 bits per heavy atom. The van der Waals surface area contributed by atoms with Gasteiger partial charge in [-0.3, -0.25) is 14.2 Å². The lowest BCUT2D eigenvalue weighted by Crippen LogP contribution is -2.37. The number of carbonyl (C=O) groups excluding carboxylic acids is 1. The van der Waals surface area contributed by atoms with Crippen molar-refractivity contribution in [2.45, 2.75) is 32.4 Å². The first-order valence-electron chi connectivity index (χ1n) is 9.51. The van der Waals surface area contributed by atoms with Crippen LogP contribution in [0.5, 0.6) is 0 Å². The zero-order chi connectivity index (χ0) is 20.4. The summed E-state index contributed by atoms with van der Waals surface area (Å²) in [6.45, 7) is 1.91. The number of nitrogens with zero attached hydrogens (tertiary/aromatic N) is 2. The summed E-state index contributed by atoms with van der Waals surface area (Å²) in [5.74, 6) is -0.201. The molecule has 4 rings (SSSR count). The van der Waals surface area contributed by atoms with Crippen LogP contribution in [0.1, 0.15) is 18.9 Å². The highest BCUT2D eigenvalue weighted by atomic mass is 79.9. The Morgan fingerprint density at radius 1 is 1.24 bits per heavy atom. The molecular weight excluding hydrogens is 432 g/mol. The highest BCUT2D eigenvalue weighted by molar-refractivity contribution is 9.10. The normalized spacial score (nSPS) is 12.3. The maximum absolute atomic E-state index is 12.8. The number of H-pyrrole nitrogens is 1. The predicted octanol–water partition coefficient (Wildman–Crippen LogP) is 3.78. The first-order valence-corrected chi connectivity index (χ1v) is 10.3. The summed E-state index contributed by atoms with van der Waals surface area (Å²) >= 11 is 3.44. The van der Waals surface area contributed by atoms with Gasteiger partial charge in [-0.15, -0.1) is 0 Å². The van der Waals surface area contributed by atoms with Crippen molar-refractivity contribution in [3.05, 3.63) is 75.2 Å². The zero-order valence-electron chi connectivity index (χ0n) is 16.0. The van der Waals surface area contributed by atoms with E-state index in [1.165, 1.54) is 16.5 Å². The van der Waals surface area contributed by atoms with E-state index in [-0.39, 0.29) is 24.1 Å². The first-order chi connectivity index (χ1) is 14.0. The third-order valence-corrected chi connectivity index (χ3v) is 5.46. The smallest absolute Gasteiger partial charge is 0.278 e. The lowest BCUT2D eigenvalue weighted by Gasteiger charge is -2.14. The van der Waals surface area contributed by atoms with E-state index in [9.17, 15) is 9.59 Å².